The van der Waals surface area contributed by atoms with E-state index in [1.807, 2.05) is 36.4 Å². The van der Waals surface area contributed by atoms with Gasteiger partial charge in [-0.1, -0.05) is 36.9 Å². The number of para-hydroxylation sites is 1. The van der Waals surface area contributed by atoms with Crippen molar-refractivity contribution in [1.29, 1.82) is 0 Å². The number of hydrogen-bond donors (Lipinski definition) is 0. The molecular weight excluding hydrogens is 456 g/mol. The van der Waals surface area contributed by atoms with Gasteiger partial charge in [0, 0.05) is 17.3 Å². The summed E-state index contributed by atoms with van der Waals surface area (Å²) < 4.78 is 23.1. The summed E-state index contributed by atoms with van der Waals surface area (Å²) in [6.07, 6.45) is 7.22. The molecule has 4 heterocycles. The van der Waals surface area contributed by atoms with Crippen molar-refractivity contribution < 1.29 is 18.9 Å². The lowest BCUT2D eigenvalue weighted by atomic mass is 9.96. The predicted molar refractivity (Wildman–Crippen MR) is 137 cm³/mol. The first-order valence-corrected chi connectivity index (χ1v) is 12.0. The fourth-order valence-corrected chi connectivity index (χ4v) is 4.85. The molecule has 3 aliphatic rings. The maximum atomic E-state index is 13.5. The number of benzene rings is 2. The zero-order valence-corrected chi connectivity index (χ0v) is 20.0. The van der Waals surface area contributed by atoms with Gasteiger partial charge in [0.1, 0.15) is 11.4 Å². The van der Waals surface area contributed by atoms with Crippen LogP contribution in [0.4, 0.5) is 0 Å². The van der Waals surface area contributed by atoms with Crippen molar-refractivity contribution in [2.75, 3.05) is 13.9 Å². The number of nitrogens with zero attached hydrogens (tertiary/aromatic N) is 2. The third kappa shape index (κ3) is 4.01. The van der Waals surface area contributed by atoms with Gasteiger partial charge in [0.15, 0.2) is 11.5 Å². The van der Waals surface area contributed by atoms with E-state index in [1.54, 1.807) is 37.6 Å². The van der Waals surface area contributed by atoms with Gasteiger partial charge in [0.05, 0.1) is 30.6 Å². The fraction of sp³-hybridized carbons (Fsp3) is 0.241. The molecular formula is C29H26N2O5. The highest BCUT2D eigenvalue weighted by Gasteiger charge is 2.42. The summed E-state index contributed by atoms with van der Waals surface area (Å²) in [6.45, 7) is 4.43. The number of pyridine rings is 1. The standard InChI is InChI=1S/C24H18N2O4.C5H8O/c1-15(17-7-3-4-8-18(17)28-2)23-22(16-10-11-19-20(13-16)30-14-29-19)24(27)26-12-6-5-9-21(26)25-23;1-2-4-5(3-1)6-4/h3-13H,1,14H2,2H3;4-5H,1-3H2. The maximum Gasteiger partial charge on any atom is 0.266 e. The summed E-state index contributed by atoms with van der Waals surface area (Å²) in [5.41, 5.74) is 3.34. The van der Waals surface area contributed by atoms with E-state index in [0.717, 1.165) is 5.56 Å². The monoisotopic (exact) mass is 482 g/mol. The minimum atomic E-state index is -0.189. The Kier molecular flexibility index (Phi) is 5.70. The summed E-state index contributed by atoms with van der Waals surface area (Å²) in [4.78, 5) is 18.3. The van der Waals surface area contributed by atoms with Crippen LogP contribution in [0.15, 0.2) is 78.2 Å². The van der Waals surface area contributed by atoms with Crippen molar-refractivity contribution in [3.05, 3.63) is 95.1 Å². The van der Waals surface area contributed by atoms with Crippen molar-refractivity contribution in [3.8, 4) is 28.4 Å². The first-order chi connectivity index (χ1) is 17.6. The number of rotatable bonds is 4. The molecule has 4 aromatic rings. The average Bonchev–Trinajstić information content (AvgIpc) is 3.27. The Hall–Kier alpha value is -4.10. The predicted octanol–water partition coefficient (Wildman–Crippen LogP) is 5.10. The van der Waals surface area contributed by atoms with Gasteiger partial charge in [-0.05, 0) is 55.2 Å². The molecule has 1 saturated carbocycles. The summed E-state index contributed by atoms with van der Waals surface area (Å²) in [5.74, 6) is 1.91. The molecule has 2 aromatic heterocycles. The second-order valence-electron chi connectivity index (χ2n) is 8.96. The second-order valence-corrected chi connectivity index (χ2v) is 8.96. The van der Waals surface area contributed by atoms with Crippen LogP contribution < -0.4 is 19.8 Å². The Bertz CT molecular complexity index is 1520. The molecule has 36 heavy (non-hydrogen) atoms. The topological polar surface area (TPSA) is 74.6 Å². The van der Waals surface area contributed by atoms with E-state index in [1.165, 1.54) is 23.7 Å². The number of methoxy groups -OCH3 is 1. The Morgan fingerprint density at radius 1 is 1.03 bits per heavy atom. The molecule has 2 atom stereocenters. The summed E-state index contributed by atoms with van der Waals surface area (Å²) in [6, 6.07) is 18.4. The van der Waals surface area contributed by atoms with E-state index in [4.69, 9.17) is 23.9 Å². The quantitative estimate of drug-likeness (QED) is 0.377. The van der Waals surface area contributed by atoms with E-state index in [2.05, 4.69) is 6.58 Å². The van der Waals surface area contributed by atoms with Gasteiger partial charge < -0.3 is 18.9 Å². The molecule has 2 fully saturated rings. The SMILES string of the molecule is C1CC2OC2C1.C=C(c1ccccc1OC)c1nc2ccccn2c(=O)c1-c1ccc2c(c1)OCO2. The first-order valence-electron chi connectivity index (χ1n) is 12.0. The molecule has 1 aliphatic carbocycles. The van der Waals surface area contributed by atoms with Crippen molar-refractivity contribution in [2.24, 2.45) is 0 Å². The lowest BCUT2D eigenvalue weighted by Gasteiger charge is -2.15. The highest BCUT2D eigenvalue weighted by molar-refractivity contribution is 5.88. The zero-order valence-electron chi connectivity index (χ0n) is 20.0. The molecule has 0 N–H and O–H groups in total. The van der Waals surface area contributed by atoms with E-state index in [9.17, 15) is 4.79 Å². The van der Waals surface area contributed by atoms with Gasteiger partial charge in [0.2, 0.25) is 6.79 Å². The molecule has 2 aliphatic heterocycles. The van der Waals surface area contributed by atoms with E-state index < -0.39 is 0 Å². The van der Waals surface area contributed by atoms with Gasteiger partial charge in [0.25, 0.3) is 5.56 Å². The summed E-state index contributed by atoms with van der Waals surface area (Å²) >= 11 is 0. The number of aromatic nitrogens is 2. The van der Waals surface area contributed by atoms with Crippen molar-refractivity contribution in [2.45, 2.75) is 31.5 Å². The third-order valence-electron chi connectivity index (χ3n) is 6.78. The van der Waals surface area contributed by atoms with Gasteiger partial charge in [-0.3, -0.25) is 9.20 Å². The molecule has 0 spiro atoms. The lowest BCUT2D eigenvalue weighted by molar-refractivity contribution is 0.174. The number of ether oxygens (including phenoxy) is 4. The zero-order chi connectivity index (χ0) is 24.6. The van der Waals surface area contributed by atoms with Gasteiger partial charge >= 0.3 is 0 Å². The van der Waals surface area contributed by atoms with Crippen LogP contribution in [0.1, 0.15) is 30.5 Å². The number of epoxide rings is 1. The van der Waals surface area contributed by atoms with Gasteiger partial charge in [-0.25, -0.2) is 4.98 Å². The van der Waals surface area contributed by atoms with Crippen LogP contribution in [-0.2, 0) is 4.74 Å². The van der Waals surface area contributed by atoms with Crippen LogP contribution in [-0.4, -0.2) is 35.5 Å². The van der Waals surface area contributed by atoms with Crippen LogP contribution in [0.25, 0.3) is 22.3 Å². The highest BCUT2D eigenvalue weighted by Crippen LogP contribution is 2.39. The van der Waals surface area contributed by atoms with Crippen LogP contribution in [0.3, 0.4) is 0 Å². The van der Waals surface area contributed by atoms with Gasteiger partial charge in [-0.15, -0.1) is 0 Å². The normalized spacial score (nSPS) is 18.8. The minimum absolute atomic E-state index is 0.161. The first kappa shape index (κ1) is 22.4. The summed E-state index contributed by atoms with van der Waals surface area (Å²) in [5, 5.41) is 0. The Labute approximate surface area is 208 Å². The van der Waals surface area contributed by atoms with Crippen LogP contribution >= 0.6 is 0 Å². The molecule has 2 unspecified atom stereocenters. The molecule has 7 nitrogen and oxygen atoms in total. The van der Waals surface area contributed by atoms with Gasteiger partial charge in [-0.2, -0.15) is 0 Å². The molecule has 2 aromatic carbocycles. The molecule has 182 valence electrons. The molecule has 7 heteroatoms. The smallest absolute Gasteiger partial charge is 0.266 e. The average molecular weight is 483 g/mol. The van der Waals surface area contributed by atoms with E-state index in [-0.39, 0.29) is 12.4 Å². The maximum absolute atomic E-state index is 13.5. The molecule has 0 bridgehead atoms. The summed E-state index contributed by atoms with van der Waals surface area (Å²) in [7, 11) is 1.60. The van der Waals surface area contributed by atoms with Crippen LogP contribution in [0.5, 0.6) is 17.2 Å². The highest BCUT2D eigenvalue weighted by atomic mass is 16.7. The number of hydrogen-bond acceptors (Lipinski definition) is 6. The van der Waals surface area contributed by atoms with E-state index >= 15 is 0 Å². The van der Waals surface area contributed by atoms with Crippen LogP contribution in [0, 0.1) is 0 Å². The largest absolute Gasteiger partial charge is 0.496 e. The second kappa shape index (κ2) is 9.17. The third-order valence-corrected chi connectivity index (χ3v) is 6.78. The molecule has 7 rings (SSSR count). The molecule has 1 saturated heterocycles. The lowest BCUT2D eigenvalue weighted by Crippen LogP contribution is -2.19. The van der Waals surface area contributed by atoms with Crippen molar-refractivity contribution >= 4 is 11.2 Å². The molecule has 0 amide bonds. The Morgan fingerprint density at radius 3 is 2.56 bits per heavy atom. The van der Waals surface area contributed by atoms with Crippen LogP contribution in [0.2, 0.25) is 0 Å². The Balaban J connectivity index is 0.000000346. The Morgan fingerprint density at radius 2 is 1.81 bits per heavy atom. The molecule has 0 radical (unpaired) electrons. The number of fused-ring (bicyclic) bond motifs is 3. The van der Waals surface area contributed by atoms with E-state index in [0.29, 0.717) is 57.5 Å². The van der Waals surface area contributed by atoms with Crippen molar-refractivity contribution in [3.63, 3.8) is 0 Å². The minimum Gasteiger partial charge on any atom is -0.496 e. The van der Waals surface area contributed by atoms with Crippen molar-refractivity contribution in [1.82, 2.24) is 9.38 Å². The fourth-order valence-electron chi connectivity index (χ4n) is 4.85.